The van der Waals surface area contributed by atoms with E-state index in [2.05, 4.69) is 5.10 Å². The number of aryl methyl sites for hydroxylation is 1. The predicted molar refractivity (Wildman–Crippen MR) is 40.2 cm³/mol. The number of aliphatic hydroxyl groups excluding tert-OH is 1. The van der Waals surface area contributed by atoms with Gasteiger partial charge in [0.2, 0.25) is 5.88 Å². The van der Waals surface area contributed by atoms with E-state index in [0.29, 0.717) is 11.7 Å². The van der Waals surface area contributed by atoms with E-state index in [0.717, 1.165) is 0 Å². The number of aromatic nitrogens is 2. The van der Waals surface area contributed by atoms with Gasteiger partial charge < -0.3 is 15.6 Å². The quantitative estimate of drug-likeness (QED) is 0.613. The van der Waals surface area contributed by atoms with Crippen LogP contribution in [0.25, 0.3) is 0 Å². The summed E-state index contributed by atoms with van der Waals surface area (Å²) < 4.78 is 6.60. The number of ether oxygens (including phenoxy) is 1. The molecule has 0 bridgehead atoms. The third kappa shape index (κ3) is 1.84. The molecule has 0 saturated heterocycles. The van der Waals surface area contributed by atoms with Crippen LogP contribution < -0.4 is 10.5 Å². The first-order chi connectivity index (χ1) is 5.24. The molecule has 1 aromatic heterocycles. The Hall–Kier alpha value is -1.23. The topological polar surface area (TPSA) is 73.3 Å². The average molecular weight is 157 g/mol. The number of nitrogens with two attached hydrogens (primary N) is 1. The van der Waals surface area contributed by atoms with Crippen LogP contribution in [0.1, 0.15) is 0 Å². The molecule has 0 aliphatic rings. The summed E-state index contributed by atoms with van der Waals surface area (Å²) in [4.78, 5) is 0. The van der Waals surface area contributed by atoms with Crippen molar-refractivity contribution in [1.29, 1.82) is 0 Å². The van der Waals surface area contributed by atoms with Crippen molar-refractivity contribution in [2.24, 2.45) is 7.05 Å². The van der Waals surface area contributed by atoms with Crippen LogP contribution in [-0.4, -0.2) is 28.1 Å². The molecule has 0 fully saturated rings. The second kappa shape index (κ2) is 3.25. The fraction of sp³-hybridized carbons (Fsp3) is 0.500. The van der Waals surface area contributed by atoms with E-state index in [-0.39, 0.29) is 13.2 Å². The second-order valence-electron chi connectivity index (χ2n) is 2.10. The molecule has 0 amide bonds. The molecule has 0 unspecified atom stereocenters. The van der Waals surface area contributed by atoms with Gasteiger partial charge in [0.1, 0.15) is 12.4 Å². The maximum atomic E-state index is 8.44. The summed E-state index contributed by atoms with van der Waals surface area (Å²) in [6, 6.07) is 1.61. The normalized spacial score (nSPS) is 10.0. The second-order valence-corrected chi connectivity index (χ2v) is 2.10. The van der Waals surface area contributed by atoms with Crippen molar-refractivity contribution in [1.82, 2.24) is 9.78 Å². The minimum atomic E-state index is -0.00884. The fourth-order valence-corrected chi connectivity index (χ4v) is 0.757. The van der Waals surface area contributed by atoms with Gasteiger partial charge in [-0.2, -0.15) is 5.10 Å². The molecule has 0 spiro atoms. The summed E-state index contributed by atoms with van der Waals surface area (Å²) in [6.07, 6.45) is 0. The molecule has 0 aliphatic carbocycles. The smallest absolute Gasteiger partial charge is 0.213 e. The number of nitrogens with zero attached hydrogens (tertiary/aromatic N) is 2. The van der Waals surface area contributed by atoms with Crippen molar-refractivity contribution in [2.45, 2.75) is 0 Å². The van der Waals surface area contributed by atoms with Crippen LogP contribution >= 0.6 is 0 Å². The molecule has 0 radical (unpaired) electrons. The molecular weight excluding hydrogens is 146 g/mol. The zero-order valence-electron chi connectivity index (χ0n) is 6.32. The lowest BCUT2D eigenvalue weighted by atomic mass is 10.6. The highest BCUT2D eigenvalue weighted by Crippen LogP contribution is 2.12. The summed E-state index contributed by atoms with van der Waals surface area (Å²) in [5.74, 6) is 0.983. The summed E-state index contributed by atoms with van der Waals surface area (Å²) >= 11 is 0. The van der Waals surface area contributed by atoms with Crippen LogP contribution in [-0.2, 0) is 7.05 Å². The molecule has 11 heavy (non-hydrogen) atoms. The zero-order chi connectivity index (χ0) is 8.27. The maximum absolute atomic E-state index is 8.44. The standard InChI is InChI=1S/C6H11N3O2/c1-9-6(11-3-2-10)4-5(7)8-9/h4,10H,2-3H2,1H3,(H2,7,8). The molecule has 0 saturated carbocycles. The Balaban J connectivity index is 2.62. The first-order valence-corrected chi connectivity index (χ1v) is 3.27. The molecular formula is C6H11N3O2. The SMILES string of the molecule is Cn1nc(N)cc1OCCO. The minimum absolute atomic E-state index is 0.00884. The van der Waals surface area contributed by atoms with Gasteiger partial charge in [0.15, 0.2) is 0 Å². The van der Waals surface area contributed by atoms with Crippen molar-refractivity contribution in [3.63, 3.8) is 0 Å². The summed E-state index contributed by atoms with van der Waals surface area (Å²) in [5, 5.41) is 12.3. The lowest BCUT2D eigenvalue weighted by molar-refractivity contribution is 0.191. The number of aliphatic hydroxyl groups is 1. The van der Waals surface area contributed by atoms with Gasteiger partial charge >= 0.3 is 0 Å². The predicted octanol–water partition coefficient (Wildman–Crippen LogP) is -0.627. The van der Waals surface area contributed by atoms with E-state index in [1.807, 2.05) is 0 Å². The van der Waals surface area contributed by atoms with E-state index >= 15 is 0 Å². The zero-order valence-corrected chi connectivity index (χ0v) is 6.32. The Labute approximate surface area is 64.4 Å². The van der Waals surface area contributed by atoms with Crippen molar-refractivity contribution in [3.05, 3.63) is 6.07 Å². The van der Waals surface area contributed by atoms with Crippen molar-refractivity contribution >= 4 is 5.82 Å². The van der Waals surface area contributed by atoms with Crippen LogP contribution in [0.15, 0.2) is 6.07 Å². The fourth-order valence-electron chi connectivity index (χ4n) is 0.757. The Morgan fingerprint density at radius 1 is 1.82 bits per heavy atom. The molecule has 62 valence electrons. The van der Waals surface area contributed by atoms with Gasteiger partial charge in [-0.15, -0.1) is 0 Å². The number of rotatable bonds is 3. The number of hydrogen-bond donors (Lipinski definition) is 2. The first kappa shape index (κ1) is 7.87. The van der Waals surface area contributed by atoms with E-state index in [9.17, 15) is 0 Å². The van der Waals surface area contributed by atoms with Crippen LogP contribution in [0.3, 0.4) is 0 Å². The number of hydrogen-bond acceptors (Lipinski definition) is 4. The molecule has 1 heterocycles. The highest BCUT2D eigenvalue weighted by molar-refractivity contribution is 5.32. The van der Waals surface area contributed by atoms with Crippen molar-refractivity contribution in [3.8, 4) is 5.88 Å². The van der Waals surface area contributed by atoms with E-state index in [1.165, 1.54) is 4.68 Å². The van der Waals surface area contributed by atoms with E-state index in [1.54, 1.807) is 13.1 Å². The molecule has 5 nitrogen and oxygen atoms in total. The molecule has 0 atom stereocenters. The van der Waals surface area contributed by atoms with Gasteiger partial charge in [-0.25, -0.2) is 4.68 Å². The van der Waals surface area contributed by atoms with Gasteiger partial charge in [0.25, 0.3) is 0 Å². The Morgan fingerprint density at radius 2 is 2.55 bits per heavy atom. The molecule has 1 aromatic rings. The molecule has 0 aromatic carbocycles. The van der Waals surface area contributed by atoms with Gasteiger partial charge in [-0.05, 0) is 0 Å². The monoisotopic (exact) mass is 157 g/mol. The van der Waals surface area contributed by atoms with Gasteiger partial charge in [0.05, 0.1) is 6.61 Å². The maximum Gasteiger partial charge on any atom is 0.213 e. The van der Waals surface area contributed by atoms with Crippen LogP contribution in [0, 0.1) is 0 Å². The average Bonchev–Trinajstić information content (AvgIpc) is 2.26. The van der Waals surface area contributed by atoms with Crippen molar-refractivity contribution < 1.29 is 9.84 Å². The number of nitrogen functional groups attached to an aromatic ring is 1. The Bertz CT molecular complexity index is 234. The summed E-state index contributed by atoms with van der Waals surface area (Å²) in [7, 11) is 1.73. The summed E-state index contributed by atoms with van der Waals surface area (Å²) in [6.45, 7) is 0.254. The van der Waals surface area contributed by atoms with Gasteiger partial charge in [-0.3, -0.25) is 0 Å². The highest BCUT2D eigenvalue weighted by Gasteiger charge is 2.01. The van der Waals surface area contributed by atoms with E-state index < -0.39 is 0 Å². The van der Waals surface area contributed by atoms with Gasteiger partial charge in [0, 0.05) is 13.1 Å². The lowest BCUT2D eigenvalue weighted by Crippen LogP contribution is -2.05. The molecule has 3 N–H and O–H groups in total. The van der Waals surface area contributed by atoms with Crippen LogP contribution in [0.5, 0.6) is 5.88 Å². The minimum Gasteiger partial charge on any atom is -0.475 e. The third-order valence-corrected chi connectivity index (χ3v) is 1.20. The highest BCUT2D eigenvalue weighted by atomic mass is 16.5. The van der Waals surface area contributed by atoms with Gasteiger partial charge in [-0.1, -0.05) is 0 Å². The summed E-state index contributed by atoms with van der Waals surface area (Å²) in [5.41, 5.74) is 5.38. The van der Waals surface area contributed by atoms with E-state index in [4.69, 9.17) is 15.6 Å². The first-order valence-electron chi connectivity index (χ1n) is 3.27. The van der Waals surface area contributed by atoms with Crippen LogP contribution in [0.2, 0.25) is 0 Å². The molecule has 5 heteroatoms. The third-order valence-electron chi connectivity index (χ3n) is 1.20. The Morgan fingerprint density at radius 3 is 3.00 bits per heavy atom. The molecule has 1 rings (SSSR count). The largest absolute Gasteiger partial charge is 0.475 e. The molecule has 0 aliphatic heterocycles. The van der Waals surface area contributed by atoms with Crippen molar-refractivity contribution in [2.75, 3.05) is 18.9 Å². The Kier molecular flexibility index (Phi) is 2.32. The lowest BCUT2D eigenvalue weighted by Gasteiger charge is -2.01. The van der Waals surface area contributed by atoms with Crippen LogP contribution in [0.4, 0.5) is 5.82 Å². The number of anilines is 1.